The topological polar surface area (TPSA) is 49.4 Å². The summed E-state index contributed by atoms with van der Waals surface area (Å²) in [6, 6.07) is 13.9. The van der Waals surface area contributed by atoms with E-state index >= 15 is 0 Å². The number of nitrogens with zero attached hydrogens (tertiary/aromatic N) is 1. The van der Waals surface area contributed by atoms with E-state index in [2.05, 4.69) is 25.2 Å². The van der Waals surface area contributed by atoms with Crippen LogP contribution >= 0.6 is 11.8 Å². The maximum atomic E-state index is 12.6. The van der Waals surface area contributed by atoms with E-state index in [9.17, 15) is 9.59 Å². The summed E-state index contributed by atoms with van der Waals surface area (Å²) in [6.45, 7) is 6.11. The van der Waals surface area contributed by atoms with Crippen molar-refractivity contribution in [1.82, 2.24) is 0 Å². The van der Waals surface area contributed by atoms with Crippen molar-refractivity contribution in [3.63, 3.8) is 0 Å². The van der Waals surface area contributed by atoms with Crippen molar-refractivity contribution >= 4 is 35.0 Å². The molecule has 0 radical (unpaired) electrons. The minimum atomic E-state index is -0.0385. The molecule has 1 atom stereocenters. The molecule has 0 unspecified atom stereocenters. The summed E-state index contributed by atoms with van der Waals surface area (Å²) in [5, 5.41) is 2.86. The molecule has 136 valence electrons. The minimum absolute atomic E-state index is 0.0303. The highest BCUT2D eigenvalue weighted by Crippen LogP contribution is 2.43. The molecule has 5 heteroatoms. The Kier molecular flexibility index (Phi) is 5.67. The molecule has 2 aromatic carbocycles. The third-order valence-corrected chi connectivity index (χ3v) is 5.87. The van der Waals surface area contributed by atoms with Crippen molar-refractivity contribution in [2.24, 2.45) is 0 Å². The van der Waals surface area contributed by atoms with Gasteiger partial charge in [0.05, 0.1) is 5.75 Å². The maximum absolute atomic E-state index is 12.6. The lowest BCUT2D eigenvalue weighted by Crippen LogP contribution is -2.28. The van der Waals surface area contributed by atoms with Crippen LogP contribution in [0.4, 0.5) is 11.4 Å². The number of carbonyl (C=O) groups excluding carboxylic acids is 2. The lowest BCUT2D eigenvalue weighted by Gasteiger charge is -2.26. The third kappa shape index (κ3) is 3.78. The number of hydrogen-bond acceptors (Lipinski definition) is 3. The minimum Gasteiger partial charge on any atom is -0.326 e. The average Bonchev–Trinajstić information content (AvgIpc) is 3.00. The molecular weight excluding hydrogens is 344 g/mol. The predicted molar refractivity (Wildman–Crippen MR) is 109 cm³/mol. The normalized spacial score (nSPS) is 16.8. The fraction of sp³-hybridized carbons (Fsp3) is 0.333. The Hall–Kier alpha value is -2.27. The summed E-state index contributed by atoms with van der Waals surface area (Å²) >= 11 is 1.64. The molecular formula is C21H24N2O2S. The molecule has 2 aromatic rings. The molecule has 0 spiro atoms. The summed E-state index contributed by atoms with van der Waals surface area (Å²) in [5.74, 6) is 0.643. The first-order chi connectivity index (χ1) is 12.5. The molecule has 0 saturated carbocycles. The van der Waals surface area contributed by atoms with Gasteiger partial charge in [-0.1, -0.05) is 31.2 Å². The van der Waals surface area contributed by atoms with E-state index in [0.29, 0.717) is 12.2 Å². The van der Waals surface area contributed by atoms with Gasteiger partial charge < -0.3 is 5.32 Å². The van der Waals surface area contributed by atoms with E-state index in [-0.39, 0.29) is 17.2 Å². The molecule has 1 aliphatic heterocycles. The molecule has 0 aromatic heterocycles. The van der Waals surface area contributed by atoms with Gasteiger partial charge >= 0.3 is 0 Å². The second-order valence-corrected chi connectivity index (χ2v) is 7.63. The number of carbonyl (C=O) groups is 2. The van der Waals surface area contributed by atoms with Crippen molar-refractivity contribution < 1.29 is 9.59 Å². The highest BCUT2D eigenvalue weighted by atomic mass is 32.2. The number of rotatable bonds is 5. The van der Waals surface area contributed by atoms with Gasteiger partial charge in [0.2, 0.25) is 11.8 Å². The number of benzene rings is 2. The van der Waals surface area contributed by atoms with E-state index in [1.54, 1.807) is 11.8 Å². The molecule has 26 heavy (non-hydrogen) atoms. The van der Waals surface area contributed by atoms with E-state index < -0.39 is 0 Å². The monoisotopic (exact) mass is 368 g/mol. The van der Waals surface area contributed by atoms with Crippen LogP contribution in [0.2, 0.25) is 0 Å². The largest absolute Gasteiger partial charge is 0.326 e. The summed E-state index contributed by atoms with van der Waals surface area (Å²) in [7, 11) is 0. The third-order valence-electron chi connectivity index (χ3n) is 4.66. The maximum Gasteiger partial charge on any atom is 0.238 e. The van der Waals surface area contributed by atoms with E-state index in [1.807, 2.05) is 48.2 Å². The van der Waals surface area contributed by atoms with Gasteiger partial charge in [-0.25, -0.2) is 0 Å². The van der Waals surface area contributed by atoms with Crippen LogP contribution < -0.4 is 10.2 Å². The zero-order chi connectivity index (χ0) is 18.7. The molecule has 1 fully saturated rings. The highest BCUT2D eigenvalue weighted by Gasteiger charge is 2.34. The SMILES string of the molecule is CCCC(=O)Nc1ccc([C@@H]2SCC(=O)N2c2cccc(C)c2C)cc1. The number of amides is 2. The summed E-state index contributed by atoms with van der Waals surface area (Å²) in [5.41, 5.74) is 5.15. The van der Waals surface area contributed by atoms with Crippen molar-refractivity contribution in [3.8, 4) is 0 Å². The van der Waals surface area contributed by atoms with Crippen LogP contribution in [-0.2, 0) is 9.59 Å². The van der Waals surface area contributed by atoms with Gasteiger partial charge in [-0.15, -0.1) is 11.8 Å². The number of nitrogens with one attached hydrogen (secondary N) is 1. The van der Waals surface area contributed by atoms with E-state index in [0.717, 1.165) is 28.9 Å². The molecule has 3 rings (SSSR count). The first kappa shape index (κ1) is 18.5. The Morgan fingerprint density at radius 2 is 1.92 bits per heavy atom. The second kappa shape index (κ2) is 7.96. The van der Waals surface area contributed by atoms with Gasteiger partial charge in [0.15, 0.2) is 0 Å². The van der Waals surface area contributed by atoms with Gasteiger partial charge in [0.1, 0.15) is 5.37 Å². The number of aryl methyl sites for hydroxylation is 1. The molecule has 0 aliphatic carbocycles. The van der Waals surface area contributed by atoms with E-state index in [1.165, 1.54) is 5.56 Å². The first-order valence-electron chi connectivity index (χ1n) is 8.91. The second-order valence-electron chi connectivity index (χ2n) is 6.57. The first-order valence-corrected chi connectivity index (χ1v) is 9.96. The Morgan fingerprint density at radius 1 is 1.19 bits per heavy atom. The summed E-state index contributed by atoms with van der Waals surface area (Å²) in [6.07, 6.45) is 1.35. The molecule has 1 N–H and O–H groups in total. The molecule has 1 saturated heterocycles. The standard InChI is InChI=1S/C21H24N2O2S/c1-4-6-19(24)22-17-11-9-16(10-12-17)21-23(20(25)13-26-21)18-8-5-7-14(2)15(18)3/h5,7-12,21H,4,6,13H2,1-3H3,(H,22,24)/t21-/m0/s1. The Morgan fingerprint density at radius 3 is 2.62 bits per heavy atom. The van der Waals surface area contributed by atoms with Crippen molar-refractivity contribution in [2.75, 3.05) is 16.0 Å². The van der Waals surface area contributed by atoms with Gasteiger partial charge in [-0.05, 0) is 55.2 Å². The van der Waals surface area contributed by atoms with Crippen LogP contribution in [0, 0.1) is 13.8 Å². The zero-order valence-corrected chi connectivity index (χ0v) is 16.2. The lowest BCUT2D eigenvalue weighted by atomic mass is 10.1. The summed E-state index contributed by atoms with van der Waals surface area (Å²) in [4.78, 5) is 26.2. The Bertz CT molecular complexity index is 817. The van der Waals surface area contributed by atoms with Gasteiger partial charge in [-0.2, -0.15) is 0 Å². The number of thioether (sulfide) groups is 1. The van der Waals surface area contributed by atoms with Crippen molar-refractivity contribution in [2.45, 2.75) is 39.0 Å². The lowest BCUT2D eigenvalue weighted by molar-refractivity contribution is -0.116. The summed E-state index contributed by atoms with van der Waals surface area (Å²) < 4.78 is 0. The Balaban J connectivity index is 1.84. The molecule has 0 bridgehead atoms. The van der Waals surface area contributed by atoms with Crippen LogP contribution in [-0.4, -0.2) is 17.6 Å². The fourth-order valence-electron chi connectivity index (χ4n) is 3.11. The van der Waals surface area contributed by atoms with Crippen LogP contribution in [0.25, 0.3) is 0 Å². The number of hydrogen-bond donors (Lipinski definition) is 1. The van der Waals surface area contributed by atoms with Crippen LogP contribution in [0.15, 0.2) is 42.5 Å². The highest BCUT2D eigenvalue weighted by molar-refractivity contribution is 8.00. The van der Waals surface area contributed by atoms with Crippen LogP contribution in [0.5, 0.6) is 0 Å². The Labute approximate surface area is 159 Å². The fourth-order valence-corrected chi connectivity index (χ4v) is 4.28. The number of anilines is 2. The molecule has 1 aliphatic rings. The van der Waals surface area contributed by atoms with Crippen LogP contribution in [0.1, 0.15) is 41.8 Å². The van der Waals surface area contributed by atoms with E-state index in [4.69, 9.17) is 0 Å². The molecule has 4 nitrogen and oxygen atoms in total. The van der Waals surface area contributed by atoms with Crippen LogP contribution in [0.3, 0.4) is 0 Å². The predicted octanol–water partition coefficient (Wildman–Crippen LogP) is 4.82. The van der Waals surface area contributed by atoms with Crippen molar-refractivity contribution in [3.05, 3.63) is 59.2 Å². The van der Waals surface area contributed by atoms with Gasteiger partial charge in [-0.3, -0.25) is 14.5 Å². The smallest absolute Gasteiger partial charge is 0.238 e. The molecule has 2 amide bonds. The van der Waals surface area contributed by atoms with Crippen molar-refractivity contribution in [1.29, 1.82) is 0 Å². The average molecular weight is 369 g/mol. The van der Waals surface area contributed by atoms with Gasteiger partial charge in [0.25, 0.3) is 0 Å². The van der Waals surface area contributed by atoms with Gasteiger partial charge in [0, 0.05) is 17.8 Å². The quantitative estimate of drug-likeness (QED) is 0.823. The zero-order valence-electron chi connectivity index (χ0n) is 15.4. The molecule has 1 heterocycles.